The summed E-state index contributed by atoms with van der Waals surface area (Å²) in [5.74, 6) is 5.29. The van der Waals surface area contributed by atoms with Gasteiger partial charge in [0.1, 0.15) is 17.3 Å². The van der Waals surface area contributed by atoms with Crippen LogP contribution in [0, 0.1) is 0 Å². The van der Waals surface area contributed by atoms with E-state index >= 15 is 0 Å². The van der Waals surface area contributed by atoms with Gasteiger partial charge in [-0.1, -0.05) is 24.3 Å². The third kappa shape index (κ3) is 4.73. The first kappa shape index (κ1) is 21.6. The van der Waals surface area contributed by atoms with Gasteiger partial charge < -0.3 is 26.0 Å². The highest BCUT2D eigenvalue weighted by atomic mass is 16.5. The SMILES string of the molecule is CCOc1cc(-c2cccc(/C=C(/C)C(=O)O)c2)ccc1-c1nc(NN)c(N)c(=O)[nH]1. The van der Waals surface area contributed by atoms with Crippen molar-refractivity contribution in [2.24, 2.45) is 5.84 Å². The number of carboxylic acids is 1. The second kappa shape index (κ2) is 9.14. The number of hydrogen-bond acceptors (Lipinski definition) is 7. The number of hydrogen-bond donors (Lipinski definition) is 5. The van der Waals surface area contributed by atoms with Crippen LogP contribution in [0.15, 0.2) is 52.8 Å². The topological polar surface area (TPSA) is 156 Å². The van der Waals surface area contributed by atoms with Crippen LogP contribution in [0.1, 0.15) is 19.4 Å². The third-order valence-corrected chi connectivity index (χ3v) is 4.57. The van der Waals surface area contributed by atoms with Crippen molar-refractivity contribution in [3.8, 4) is 28.3 Å². The van der Waals surface area contributed by atoms with Crippen molar-refractivity contribution in [1.82, 2.24) is 9.97 Å². The highest BCUT2D eigenvalue weighted by Gasteiger charge is 2.14. The van der Waals surface area contributed by atoms with E-state index < -0.39 is 11.5 Å². The summed E-state index contributed by atoms with van der Waals surface area (Å²) in [4.78, 5) is 30.1. The van der Waals surface area contributed by atoms with Gasteiger partial charge in [0.15, 0.2) is 5.82 Å². The average Bonchev–Trinajstić information content (AvgIpc) is 2.76. The molecular formula is C22H23N5O4. The molecule has 9 heteroatoms. The normalized spacial score (nSPS) is 11.3. The standard InChI is InChI=1S/C22H23N5O4/c1-3-31-17-11-15(14-6-4-5-13(10-14)9-12(2)22(29)30)7-8-16(17)19-25-20(27-24)18(23)21(28)26-19/h4-11H,3,23-24H2,1-2H3,(H,29,30)(H2,25,26,27,28)/b12-9-. The minimum absolute atomic E-state index is 0.0681. The molecule has 2 aromatic carbocycles. The number of anilines is 2. The molecule has 3 rings (SSSR count). The van der Waals surface area contributed by atoms with Crippen LogP contribution in [0.4, 0.5) is 11.5 Å². The molecular weight excluding hydrogens is 398 g/mol. The van der Waals surface area contributed by atoms with Gasteiger partial charge in [0, 0.05) is 5.57 Å². The Kier molecular flexibility index (Phi) is 6.37. The molecule has 7 N–H and O–H groups in total. The zero-order chi connectivity index (χ0) is 22.5. The van der Waals surface area contributed by atoms with Crippen LogP contribution >= 0.6 is 0 Å². The summed E-state index contributed by atoms with van der Waals surface area (Å²) in [6.45, 7) is 3.79. The number of rotatable bonds is 7. The van der Waals surface area contributed by atoms with Gasteiger partial charge in [0.25, 0.3) is 5.56 Å². The van der Waals surface area contributed by atoms with Gasteiger partial charge in [-0.15, -0.1) is 0 Å². The Morgan fingerprint density at radius 3 is 2.68 bits per heavy atom. The zero-order valence-electron chi connectivity index (χ0n) is 17.1. The number of hydrazine groups is 1. The van der Waals surface area contributed by atoms with Crippen molar-refractivity contribution < 1.29 is 14.6 Å². The van der Waals surface area contributed by atoms with Gasteiger partial charge in [0.05, 0.1) is 12.2 Å². The molecule has 0 fully saturated rings. The summed E-state index contributed by atoms with van der Waals surface area (Å²) in [6.07, 6.45) is 1.61. The highest BCUT2D eigenvalue weighted by Crippen LogP contribution is 2.33. The first-order valence-corrected chi connectivity index (χ1v) is 9.49. The van der Waals surface area contributed by atoms with E-state index in [-0.39, 0.29) is 22.9 Å². The molecule has 0 bridgehead atoms. The maximum Gasteiger partial charge on any atom is 0.331 e. The summed E-state index contributed by atoms with van der Waals surface area (Å²) >= 11 is 0. The van der Waals surface area contributed by atoms with E-state index in [1.54, 1.807) is 19.1 Å². The third-order valence-electron chi connectivity index (χ3n) is 4.57. The number of carbonyl (C=O) groups is 1. The smallest absolute Gasteiger partial charge is 0.331 e. The molecule has 0 spiro atoms. The molecule has 0 atom stereocenters. The molecule has 0 aliphatic rings. The lowest BCUT2D eigenvalue weighted by Crippen LogP contribution is -2.20. The first-order valence-electron chi connectivity index (χ1n) is 9.49. The average molecular weight is 421 g/mol. The summed E-state index contributed by atoms with van der Waals surface area (Å²) in [5.41, 5.74) is 10.7. The summed E-state index contributed by atoms with van der Waals surface area (Å²) < 4.78 is 5.79. The fraction of sp³-hybridized carbons (Fsp3) is 0.136. The van der Waals surface area contributed by atoms with Crippen molar-refractivity contribution in [2.75, 3.05) is 17.8 Å². The van der Waals surface area contributed by atoms with Gasteiger partial charge in [-0.2, -0.15) is 0 Å². The predicted molar refractivity (Wildman–Crippen MR) is 120 cm³/mol. The Bertz CT molecular complexity index is 1220. The largest absolute Gasteiger partial charge is 0.493 e. The summed E-state index contributed by atoms with van der Waals surface area (Å²) in [5, 5.41) is 9.10. The van der Waals surface area contributed by atoms with Gasteiger partial charge >= 0.3 is 5.97 Å². The number of nitrogen functional groups attached to an aromatic ring is 2. The second-order valence-corrected chi connectivity index (χ2v) is 6.72. The lowest BCUT2D eigenvalue weighted by Gasteiger charge is -2.13. The van der Waals surface area contributed by atoms with E-state index in [2.05, 4.69) is 15.4 Å². The van der Waals surface area contributed by atoms with Gasteiger partial charge in [0.2, 0.25) is 0 Å². The van der Waals surface area contributed by atoms with Crippen molar-refractivity contribution in [1.29, 1.82) is 0 Å². The maximum atomic E-state index is 12.1. The Morgan fingerprint density at radius 1 is 1.26 bits per heavy atom. The fourth-order valence-corrected chi connectivity index (χ4v) is 3.01. The van der Waals surface area contributed by atoms with E-state index in [0.717, 1.165) is 16.7 Å². The number of aromatic nitrogens is 2. The number of aromatic amines is 1. The molecule has 0 saturated carbocycles. The Balaban J connectivity index is 2.08. The van der Waals surface area contributed by atoms with Crippen LogP contribution in [0.25, 0.3) is 28.6 Å². The first-order chi connectivity index (χ1) is 14.8. The van der Waals surface area contributed by atoms with E-state index in [4.69, 9.17) is 21.4 Å². The maximum absolute atomic E-state index is 12.1. The van der Waals surface area contributed by atoms with E-state index in [1.165, 1.54) is 0 Å². The van der Waals surface area contributed by atoms with Gasteiger partial charge in [-0.05, 0) is 54.8 Å². The summed E-state index contributed by atoms with van der Waals surface area (Å²) in [7, 11) is 0. The molecule has 0 saturated heterocycles. The fourth-order valence-electron chi connectivity index (χ4n) is 3.01. The molecule has 31 heavy (non-hydrogen) atoms. The number of nitrogens with one attached hydrogen (secondary N) is 2. The van der Waals surface area contributed by atoms with Crippen molar-refractivity contribution >= 4 is 23.6 Å². The molecule has 1 heterocycles. The lowest BCUT2D eigenvalue weighted by atomic mass is 10.00. The molecule has 9 nitrogen and oxygen atoms in total. The molecule has 0 unspecified atom stereocenters. The van der Waals surface area contributed by atoms with Gasteiger partial charge in [-0.3, -0.25) is 4.79 Å². The minimum Gasteiger partial charge on any atom is -0.493 e. The Labute approximate surface area is 178 Å². The lowest BCUT2D eigenvalue weighted by molar-refractivity contribution is -0.132. The number of ether oxygens (including phenoxy) is 1. The van der Waals surface area contributed by atoms with Crippen LogP contribution < -0.4 is 27.3 Å². The molecule has 0 amide bonds. The quantitative estimate of drug-likeness (QED) is 0.221. The Hall–Kier alpha value is -4.11. The predicted octanol–water partition coefficient (Wildman–Crippen LogP) is 2.86. The molecule has 3 aromatic rings. The number of nitrogens with zero attached hydrogens (tertiary/aromatic N) is 1. The van der Waals surface area contributed by atoms with Crippen LogP contribution in [0.2, 0.25) is 0 Å². The van der Waals surface area contributed by atoms with Crippen LogP contribution in [0.5, 0.6) is 5.75 Å². The van der Waals surface area contributed by atoms with Crippen LogP contribution in [-0.4, -0.2) is 27.7 Å². The highest BCUT2D eigenvalue weighted by molar-refractivity contribution is 5.91. The minimum atomic E-state index is -0.968. The molecule has 0 aliphatic carbocycles. The molecule has 1 aromatic heterocycles. The summed E-state index contributed by atoms with van der Waals surface area (Å²) in [6, 6.07) is 12.9. The number of aliphatic carboxylic acids is 1. The van der Waals surface area contributed by atoms with Crippen molar-refractivity contribution in [3.05, 3.63) is 64.0 Å². The van der Waals surface area contributed by atoms with E-state index in [1.807, 2.05) is 43.3 Å². The monoisotopic (exact) mass is 421 g/mol. The van der Waals surface area contributed by atoms with Crippen LogP contribution in [0.3, 0.4) is 0 Å². The molecule has 160 valence electrons. The number of nitrogens with two attached hydrogens (primary N) is 2. The van der Waals surface area contributed by atoms with Crippen molar-refractivity contribution in [2.45, 2.75) is 13.8 Å². The second-order valence-electron chi connectivity index (χ2n) is 6.72. The van der Waals surface area contributed by atoms with Crippen molar-refractivity contribution in [3.63, 3.8) is 0 Å². The zero-order valence-corrected chi connectivity index (χ0v) is 17.1. The molecule has 0 radical (unpaired) electrons. The number of H-pyrrole nitrogens is 1. The van der Waals surface area contributed by atoms with E-state index in [9.17, 15) is 9.59 Å². The number of carboxylic acid groups (broad SMARTS) is 1. The number of benzene rings is 2. The van der Waals surface area contributed by atoms with Crippen LogP contribution in [-0.2, 0) is 4.79 Å². The Morgan fingerprint density at radius 2 is 2.00 bits per heavy atom. The molecule has 0 aliphatic heterocycles. The van der Waals surface area contributed by atoms with E-state index in [0.29, 0.717) is 17.9 Å². The van der Waals surface area contributed by atoms with Gasteiger partial charge in [-0.25, -0.2) is 15.6 Å².